The van der Waals surface area contributed by atoms with Crippen molar-refractivity contribution in [3.63, 3.8) is 0 Å². The Morgan fingerprint density at radius 3 is 2.73 bits per heavy atom. The average Bonchev–Trinajstić information content (AvgIpc) is 2.59. The van der Waals surface area contributed by atoms with E-state index in [0.717, 1.165) is 16.5 Å². The highest BCUT2D eigenvalue weighted by atomic mass is 16.5. The van der Waals surface area contributed by atoms with E-state index >= 15 is 0 Å². The van der Waals surface area contributed by atoms with E-state index in [9.17, 15) is 14.4 Å². The van der Waals surface area contributed by atoms with Crippen molar-refractivity contribution in [3.05, 3.63) is 45.3 Å². The van der Waals surface area contributed by atoms with Gasteiger partial charge < -0.3 is 14.5 Å². The van der Waals surface area contributed by atoms with Gasteiger partial charge in [-0.05, 0) is 42.5 Å². The minimum atomic E-state index is -0.467. The molecule has 6 nitrogen and oxygen atoms in total. The molecule has 1 aromatic carbocycles. The van der Waals surface area contributed by atoms with E-state index in [0.29, 0.717) is 36.5 Å². The third kappa shape index (κ3) is 3.79. The predicted molar refractivity (Wildman–Crippen MR) is 96.8 cm³/mol. The maximum absolute atomic E-state index is 12.3. The molecule has 138 valence electrons. The molecule has 26 heavy (non-hydrogen) atoms. The van der Waals surface area contributed by atoms with Gasteiger partial charge >= 0.3 is 11.6 Å². The first-order chi connectivity index (χ1) is 12.3. The highest BCUT2D eigenvalue weighted by Crippen LogP contribution is 2.27. The number of nitrogens with one attached hydrogen (secondary N) is 1. The summed E-state index contributed by atoms with van der Waals surface area (Å²) >= 11 is 0. The van der Waals surface area contributed by atoms with Crippen LogP contribution in [0.1, 0.15) is 49.3 Å². The van der Waals surface area contributed by atoms with Crippen molar-refractivity contribution in [2.45, 2.75) is 46.1 Å². The minimum absolute atomic E-state index is 0.00593. The Morgan fingerprint density at radius 1 is 1.31 bits per heavy atom. The summed E-state index contributed by atoms with van der Waals surface area (Å²) in [5.74, 6) is -0.417. The molecular weight excluding hydrogens is 334 g/mol. The van der Waals surface area contributed by atoms with E-state index in [1.807, 2.05) is 19.1 Å². The SMILES string of the molecule is Cc1cc2oc(=O)cc(COC(=O)[C@H]3CCC(=O)NC3)c2cc1C(C)C. The van der Waals surface area contributed by atoms with Crippen LogP contribution >= 0.6 is 0 Å². The van der Waals surface area contributed by atoms with Crippen LogP contribution in [0.25, 0.3) is 11.0 Å². The number of rotatable bonds is 4. The van der Waals surface area contributed by atoms with Crippen LogP contribution in [0.5, 0.6) is 0 Å². The molecule has 1 fully saturated rings. The summed E-state index contributed by atoms with van der Waals surface area (Å²) in [5.41, 5.74) is 2.88. The van der Waals surface area contributed by atoms with Crippen LogP contribution in [0.4, 0.5) is 0 Å². The van der Waals surface area contributed by atoms with Crippen molar-refractivity contribution in [3.8, 4) is 0 Å². The summed E-state index contributed by atoms with van der Waals surface area (Å²) in [7, 11) is 0. The monoisotopic (exact) mass is 357 g/mol. The van der Waals surface area contributed by atoms with Gasteiger partial charge in [0, 0.05) is 30.0 Å². The third-order valence-corrected chi connectivity index (χ3v) is 4.81. The van der Waals surface area contributed by atoms with E-state index in [1.165, 1.54) is 6.07 Å². The number of amides is 1. The molecule has 1 saturated heterocycles. The Balaban J connectivity index is 1.84. The van der Waals surface area contributed by atoms with Gasteiger partial charge in [-0.25, -0.2) is 4.79 Å². The van der Waals surface area contributed by atoms with Gasteiger partial charge in [0.2, 0.25) is 5.91 Å². The van der Waals surface area contributed by atoms with Crippen molar-refractivity contribution in [1.82, 2.24) is 5.32 Å². The van der Waals surface area contributed by atoms with Gasteiger partial charge in [-0.3, -0.25) is 9.59 Å². The molecule has 1 atom stereocenters. The van der Waals surface area contributed by atoms with Crippen molar-refractivity contribution in [2.24, 2.45) is 5.92 Å². The molecule has 6 heteroatoms. The second kappa shape index (κ2) is 7.32. The lowest BCUT2D eigenvalue weighted by Crippen LogP contribution is -2.39. The second-order valence-corrected chi connectivity index (χ2v) is 7.10. The summed E-state index contributed by atoms with van der Waals surface area (Å²) in [6.45, 7) is 6.49. The van der Waals surface area contributed by atoms with Crippen molar-refractivity contribution >= 4 is 22.8 Å². The van der Waals surface area contributed by atoms with Crippen molar-refractivity contribution in [2.75, 3.05) is 6.54 Å². The van der Waals surface area contributed by atoms with Crippen LogP contribution in [-0.2, 0) is 20.9 Å². The molecule has 0 saturated carbocycles. The number of piperidine rings is 1. The van der Waals surface area contributed by atoms with E-state index in [-0.39, 0.29) is 24.4 Å². The van der Waals surface area contributed by atoms with Gasteiger partial charge in [-0.1, -0.05) is 13.8 Å². The number of esters is 1. The molecular formula is C20H23NO5. The van der Waals surface area contributed by atoms with Gasteiger partial charge in [-0.15, -0.1) is 0 Å². The topological polar surface area (TPSA) is 85.6 Å². The number of hydrogen-bond acceptors (Lipinski definition) is 5. The summed E-state index contributed by atoms with van der Waals surface area (Å²) in [5, 5.41) is 3.45. The lowest BCUT2D eigenvalue weighted by atomic mass is 9.95. The molecule has 0 unspecified atom stereocenters. The lowest BCUT2D eigenvalue weighted by Gasteiger charge is -2.21. The summed E-state index contributed by atoms with van der Waals surface area (Å²) in [6, 6.07) is 5.23. The van der Waals surface area contributed by atoms with Gasteiger partial charge in [-0.2, -0.15) is 0 Å². The largest absolute Gasteiger partial charge is 0.461 e. The van der Waals surface area contributed by atoms with E-state index in [1.54, 1.807) is 0 Å². The van der Waals surface area contributed by atoms with Crippen LogP contribution in [0.15, 0.2) is 27.4 Å². The third-order valence-electron chi connectivity index (χ3n) is 4.81. The number of aryl methyl sites for hydroxylation is 1. The maximum Gasteiger partial charge on any atom is 0.336 e. The lowest BCUT2D eigenvalue weighted by molar-refractivity contribution is -0.151. The molecule has 1 aliphatic heterocycles. The Bertz CT molecular complexity index is 902. The number of hydrogen-bond donors (Lipinski definition) is 1. The number of fused-ring (bicyclic) bond motifs is 1. The summed E-state index contributed by atoms with van der Waals surface area (Å²) in [6.07, 6.45) is 0.813. The van der Waals surface area contributed by atoms with Crippen molar-refractivity contribution < 1.29 is 18.7 Å². The Labute approximate surface area is 151 Å². The smallest absolute Gasteiger partial charge is 0.336 e. The maximum atomic E-state index is 12.3. The average molecular weight is 357 g/mol. The van der Waals surface area contributed by atoms with Crippen molar-refractivity contribution in [1.29, 1.82) is 0 Å². The van der Waals surface area contributed by atoms with E-state index < -0.39 is 5.63 Å². The molecule has 0 aliphatic carbocycles. The van der Waals surface area contributed by atoms with Crippen LogP contribution in [0, 0.1) is 12.8 Å². The summed E-state index contributed by atoms with van der Waals surface area (Å²) in [4.78, 5) is 35.3. The number of carbonyl (C=O) groups excluding carboxylic acids is 2. The number of carbonyl (C=O) groups is 2. The normalized spacial score (nSPS) is 17.4. The standard InChI is InChI=1S/C20H23NO5/c1-11(2)15-8-16-14(7-19(23)26-17(16)6-12(15)3)10-25-20(24)13-4-5-18(22)21-9-13/h6-8,11,13H,4-5,9-10H2,1-3H3,(H,21,22)/t13-/m0/s1. The van der Waals surface area contributed by atoms with Crippen LogP contribution in [0.2, 0.25) is 0 Å². The quantitative estimate of drug-likeness (QED) is 0.672. The van der Waals surface area contributed by atoms with Crippen LogP contribution in [0.3, 0.4) is 0 Å². The molecule has 0 radical (unpaired) electrons. The predicted octanol–water partition coefficient (Wildman–Crippen LogP) is 2.79. The number of ether oxygens (including phenoxy) is 1. The van der Waals surface area contributed by atoms with Crippen LogP contribution < -0.4 is 10.9 Å². The molecule has 1 N–H and O–H groups in total. The Hall–Kier alpha value is -2.63. The number of benzene rings is 1. The molecule has 2 heterocycles. The highest BCUT2D eigenvalue weighted by molar-refractivity contribution is 5.83. The zero-order valence-electron chi connectivity index (χ0n) is 15.3. The fourth-order valence-corrected chi connectivity index (χ4v) is 3.33. The second-order valence-electron chi connectivity index (χ2n) is 7.10. The van der Waals surface area contributed by atoms with E-state index in [2.05, 4.69) is 19.2 Å². The van der Waals surface area contributed by atoms with E-state index in [4.69, 9.17) is 9.15 Å². The Kier molecular flexibility index (Phi) is 5.11. The molecule has 0 spiro atoms. The Morgan fingerprint density at radius 2 is 2.08 bits per heavy atom. The van der Waals surface area contributed by atoms with Gasteiger partial charge in [0.25, 0.3) is 0 Å². The zero-order valence-corrected chi connectivity index (χ0v) is 15.3. The molecule has 3 rings (SSSR count). The fraction of sp³-hybridized carbons (Fsp3) is 0.450. The first kappa shape index (κ1) is 18.2. The summed E-state index contributed by atoms with van der Waals surface area (Å²) < 4.78 is 10.7. The molecule has 1 amide bonds. The minimum Gasteiger partial charge on any atom is -0.461 e. The molecule has 2 aromatic rings. The fourth-order valence-electron chi connectivity index (χ4n) is 3.33. The molecule has 0 bridgehead atoms. The molecule has 1 aliphatic rings. The molecule has 1 aromatic heterocycles. The van der Waals surface area contributed by atoms with Gasteiger partial charge in [0.05, 0.1) is 5.92 Å². The zero-order chi connectivity index (χ0) is 18.8. The van der Waals surface area contributed by atoms with Crippen LogP contribution in [-0.4, -0.2) is 18.4 Å². The first-order valence-electron chi connectivity index (χ1n) is 8.85. The van der Waals surface area contributed by atoms with Gasteiger partial charge in [0.15, 0.2) is 0 Å². The van der Waals surface area contributed by atoms with Gasteiger partial charge in [0.1, 0.15) is 12.2 Å². The highest BCUT2D eigenvalue weighted by Gasteiger charge is 2.26. The first-order valence-corrected chi connectivity index (χ1v) is 8.85.